The lowest BCUT2D eigenvalue weighted by Crippen LogP contribution is -2.68. The van der Waals surface area contributed by atoms with Crippen LogP contribution in [0.3, 0.4) is 0 Å². The molecule has 0 radical (unpaired) electrons. The third-order valence-electron chi connectivity index (χ3n) is 8.81. The molecule has 9 rings (SSSR count). The summed E-state index contributed by atoms with van der Waals surface area (Å²) in [4.78, 5) is 30.7. The quantitative estimate of drug-likeness (QED) is 0.395. The number of sulfonamides is 1. The summed E-state index contributed by atoms with van der Waals surface area (Å²) in [6.07, 6.45) is 2.23. The van der Waals surface area contributed by atoms with E-state index in [0.29, 0.717) is 12.1 Å². The van der Waals surface area contributed by atoms with Gasteiger partial charge in [0.05, 0.1) is 16.0 Å². The van der Waals surface area contributed by atoms with Crippen molar-refractivity contribution in [1.82, 2.24) is 9.80 Å². The number of para-hydroxylation sites is 1. The third kappa shape index (κ3) is 2.89. The molecule has 0 N–H and O–H groups in total. The first-order valence-electron chi connectivity index (χ1n) is 12.9. The van der Waals surface area contributed by atoms with Crippen LogP contribution in [-0.2, 0) is 31.4 Å². The lowest BCUT2D eigenvalue weighted by atomic mass is 9.70. The van der Waals surface area contributed by atoms with Crippen LogP contribution in [0, 0.1) is 0 Å². The topological polar surface area (TPSA) is 78.0 Å². The number of benzene rings is 3. The van der Waals surface area contributed by atoms with Gasteiger partial charge in [-0.3, -0.25) is 14.5 Å². The van der Waals surface area contributed by atoms with Crippen molar-refractivity contribution < 1.29 is 18.0 Å². The Morgan fingerprint density at radius 3 is 2.48 bits per heavy atom. The van der Waals surface area contributed by atoms with Gasteiger partial charge >= 0.3 is 0 Å². The fourth-order valence-corrected chi connectivity index (χ4v) is 14.3. The Hall–Kier alpha value is -2.86. The first kappa shape index (κ1) is 24.9. The number of allylic oxidation sites excluding steroid dienone is 1. The summed E-state index contributed by atoms with van der Waals surface area (Å²) in [6, 6.07) is 24.1. The molecule has 4 fully saturated rings. The van der Waals surface area contributed by atoms with Crippen molar-refractivity contribution in [1.29, 1.82) is 0 Å². The Labute approximate surface area is 243 Å². The van der Waals surface area contributed by atoms with E-state index >= 15 is 0 Å². The molecule has 202 valence electrons. The largest absolute Gasteiger partial charge is 0.322 e. The number of nitrogens with zero attached hydrogens (tertiary/aromatic N) is 3. The zero-order valence-electron chi connectivity index (χ0n) is 21.3. The zero-order chi connectivity index (χ0) is 27.4. The van der Waals surface area contributed by atoms with Crippen LogP contribution in [0.5, 0.6) is 0 Å². The number of carbonyl (C=O) groups excluding carboxylic acids is 2. The molecule has 40 heavy (non-hydrogen) atoms. The molecule has 1 spiro atoms. The Kier molecular flexibility index (Phi) is 5.19. The van der Waals surface area contributed by atoms with E-state index in [1.165, 1.54) is 35.7 Å². The van der Waals surface area contributed by atoms with Gasteiger partial charge in [-0.2, -0.15) is 0 Å². The number of fused-ring (bicyclic) bond motifs is 7. The summed E-state index contributed by atoms with van der Waals surface area (Å²) >= 11 is 0. The number of likely N-dealkylation sites (N-methyl/N-ethyl adjacent to an activating group) is 1. The van der Waals surface area contributed by atoms with Crippen molar-refractivity contribution in [2.45, 2.75) is 39.6 Å². The van der Waals surface area contributed by atoms with Gasteiger partial charge in [0.25, 0.3) is 21.8 Å². The molecule has 0 saturated carbocycles. The van der Waals surface area contributed by atoms with E-state index in [2.05, 4.69) is 18.2 Å². The smallest absolute Gasteiger partial charge is 0.266 e. The van der Waals surface area contributed by atoms with E-state index in [9.17, 15) is 18.0 Å². The van der Waals surface area contributed by atoms with Crippen LogP contribution in [0.2, 0.25) is 0 Å². The van der Waals surface area contributed by atoms with E-state index < -0.39 is 31.8 Å². The van der Waals surface area contributed by atoms with Gasteiger partial charge in [0.15, 0.2) is 10.2 Å². The molecule has 7 nitrogen and oxygen atoms in total. The summed E-state index contributed by atoms with van der Waals surface area (Å²) < 4.78 is 30.7. The SMILES string of the molecule is CN1C(=O)[C@@]23C[C@]4(C5=CCc6ccccc65)c5ccccc5N(S(=O)(=O)c5ccccc5)[C@@H]4N2C(=O)[C@@H]1SSS3. The fourth-order valence-electron chi connectivity index (χ4n) is 7.21. The number of anilines is 1. The Bertz CT molecular complexity index is 1760. The first-order valence-corrected chi connectivity index (χ1v) is 17.9. The molecule has 5 aliphatic heterocycles. The highest BCUT2D eigenvalue weighted by molar-refractivity contribution is 9.10. The van der Waals surface area contributed by atoms with Crippen molar-refractivity contribution in [2.75, 3.05) is 11.4 Å². The van der Waals surface area contributed by atoms with Gasteiger partial charge < -0.3 is 4.90 Å². The van der Waals surface area contributed by atoms with Gasteiger partial charge in [0, 0.05) is 13.5 Å². The Morgan fingerprint density at radius 2 is 1.65 bits per heavy atom. The number of rotatable bonds is 3. The number of amides is 2. The molecule has 4 saturated heterocycles. The highest BCUT2D eigenvalue weighted by Crippen LogP contribution is 2.71. The minimum atomic E-state index is -4.12. The van der Waals surface area contributed by atoms with Crippen molar-refractivity contribution >= 4 is 64.5 Å². The van der Waals surface area contributed by atoms with Crippen molar-refractivity contribution in [3.63, 3.8) is 0 Å². The van der Waals surface area contributed by atoms with Crippen LogP contribution in [0.25, 0.3) is 5.57 Å². The molecule has 5 heterocycles. The average molecular weight is 606 g/mol. The van der Waals surface area contributed by atoms with E-state index in [1.54, 1.807) is 47.2 Å². The van der Waals surface area contributed by atoms with Gasteiger partial charge in [-0.15, -0.1) is 0 Å². The summed E-state index contributed by atoms with van der Waals surface area (Å²) in [5.74, 6) is -0.390. The second kappa shape index (κ2) is 8.34. The normalized spacial score (nSPS) is 30.1. The molecule has 4 atom stereocenters. The van der Waals surface area contributed by atoms with E-state index in [4.69, 9.17) is 0 Å². The maximum atomic E-state index is 14.6. The van der Waals surface area contributed by atoms with Crippen LogP contribution in [0.4, 0.5) is 5.69 Å². The lowest BCUT2D eigenvalue weighted by Gasteiger charge is -2.46. The third-order valence-corrected chi connectivity index (χ3v) is 15.4. The number of piperazine rings is 1. The zero-order valence-corrected chi connectivity index (χ0v) is 24.5. The lowest BCUT2D eigenvalue weighted by molar-refractivity contribution is -0.157. The molecule has 2 amide bonds. The number of hydrogen-bond donors (Lipinski definition) is 0. The van der Waals surface area contributed by atoms with Crippen LogP contribution < -0.4 is 4.31 Å². The Morgan fingerprint density at radius 1 is 0.925 bits per heavy atom. The minimum absolute atomic E-state index is 0.148. The van der Waals surface area contributed by atoms with Crippen molar-refractivity contribution in [3.8, 4) is 0 Å². The minimum Gasteiger partial charge on any atom is -0.322 e. The molecule has 2 bridgehead atoms. The molecule has 3 aromatic rings. The van der Waals surface area contributed by atoms with Gasteiger partial charge in [-0.05, 0) is 78.3 Å². The second-order valence-corrected chi connectivity index (χ2v) is 16.8. The molecular weight excluding hydrogens is 583 g/mol. The van der Waals surface area contributed by atoms with Gasteiger partial charge in [-0.1, -0.05) is 66.7 Å². The molecule has 6 aliphatic rings. The van der Waals surface area contributed by atoms with E-state index in [0.717, 1.165) is 22.3 Å². The van der Waals surface area contributed by atoms with Crippen LogP contribution >= 0.6 is 31.4 Å². The average Bonchev–Trinajstić information content (AvgIpc) is 3.56. The molecular formula is C29H23N3O4S4. The number of hydrogen-bond acceptors (Lipinski definition) is 7. The maximum absolute atomic E-state index is 14.6. The van der Waals surface area contributed by atoms with Gasteiger partial charge in [0.2, 0.25) is 0 Å². The summed E-state index contributed by atoms with van der Waals surface area (Å²) in [5.41, 5.74) is 3.62. The predicted molar refractivity (Wildman–Crippen MR) is 160 cm³/mol. The molecule has 0 unspecified atom stereocenters. The van der Waals surface area contributed by atoms with Crippen LogP contribution in [0.15, 0.2) is 89.8 Å². The molecule has 0 aromatic heterocycles. The maximum Gasteiger partial charge on any atom is 0.266 e. The highest BCUT2D eigenvalue weighted by Gasteiger charge is 2.76. The fraction of sp³-hybridized carbons (Fsp3) is 0.241. The molecule has 3 aromatic carbocycles. The predicted octanol–water partition coefficient (Wildman–Crippen LogP) is 4.87. The van der Waals surface area contributed by atoms with E-state index in [1.807, 2.05) is 36.4 Å². The van der Waals surface area contributed by atoms with Crippen molar-refractivity contribution in [2.24, 2.45) is 0 Å². The summed E-state index contributed by atoms with van der Waals surface area (Å²) in [6.45, 7) is 0. The Balaban J connectivity index is 1.47. The molecule has 1 aliphatic carbocycles. The van der Waals surface area contributed by atoms with Gasteiger partial charge in [-0.25, -0.2) is 12.7 Å². The highest BCUT2D eigenvalue weighted by atomic mass is 33.5. The molecule has 11 heteroatoms. The standard InChI is InChI=1S/C29H23N3O4S4/c1-30-25-24(33)31-26-28(17-29(31,27(30)34)38-39-37-25,21-16-15-18-9-5-6-12-20(18)21)22-13-7-8-14-23(22)32(26)40(35,36)19-10-3-2-4-11-19/h2-14,16,25-26H,15,17H2,1H3/t25-,26-,28-,29-/m0/s1. The first-order chi connectivity index (χ1) is 19.3. The van der Waals surface area contributed by atoms with Gasteiger partial charge in [0.1, 0.15) is 6.17 Å². The second-order valence-electron chi connectivity index (χ2n) is 10.6. The summed E-state index contributed by atoms with van der Waals surface area (Å²) in [7, 11) is 1.74. The monoisotopic (exact) mass is 605 g/mol. The van der Waals surface area contributed by atoms with Crippen LogP contribution in [0.1, 0.15) is 23.1 Å². The number of carbonyl (C=O) groups is 2. The summed E-state index contributed by atoms with van der Waals surface area (Å²) in [5, 5.41) is -0.730. The van der Waals surface area contributed by atoms with Crippen molar-refractivity contribution in [3.05, 3.63) is 102 Å². The van der Waals surface area contributed by atoms with Crippen LogP contribution in [-0.4, -0.2) is 53.5 Å². The van der Waals surface area contributed by atoms with E-state index in [-0.39, 0.29) is 23.1 Å².